The van der Waals surface area contributed by atoms with E-state index in [2.05, 4.69) is 4.98 Å². The molecular weight excluding hydrogens is 258 g/mol. The first-order valence-corrected chi connectivity index (χ1v) is 5.45. The van der Waals surface area contributed by atoms with Crippen LogP contribution in [0, 0.1) is 17.0 Å². The van der Waals surface area contributed by atoms with Crippen molar-refractivity contribution >= 4 is 17.8 Å². The number of aliphatic carboxylic acids is 1. The van der Waals surface area contributed by atoms with E-state index in [-0.39, 0.29) is 31.8 Å². The number of hydrogen-bond donors (Lipinski definition) is 1. The minimum absolute atomic E-state index is 0.0729. The molecule has 1 aromatic rings. The van der Waals surface area contributed by atoms with Crippen LogP contribution in [0.15, 0.2) is 6.20 Å². The number of hydrogen-bond acceptors (Lipinski definition) is 6. The lowest BCUT2D eigenvalue weighted by Crippen LogP contribution is -2.14. The zero-order chi connectivity index (χ0) is 14.4. The molecule has 1 N–H and O–H groups in total. The maximum absolute atomic E-state index is 11.1. The fourth-order valence-corrected chi connectivity index (χ4v) is 1.41. The quantitative estimate of drug-likeness (QED) is 0.435. The number of carboxylic acids is 1. The topological polar surface area (TPSA) is 125 Å². The Morgan fingerprint density at radius 1 is 1.53 bits per heavy atom. The standard InChI is InChI=1S/C10H13N3O6/c1-7-11-6-8(13(17)18)12(7)4-5-19-10(16)3-2-9(14)15/h6H,2-5H2,1H3,(H,14,15). The molecule has 1 rings (SSSR count). The Morgan fingerprint density at radius 3 is 2.79 bits per heavy atom. The van der Waals surface area contributed by atoms with E-state index in [1.54, 1.807) is 6.92 Å². The summed E-state index contributed by atoms with van der Waals surface area (Å²) in [7, 11) is 0. The van der Waals surface area contributed by atoms with E-state index in [0.717, 1.165) is 6.20 Å². The van der Waals surface area contributed by atoms with Crippen LogP contribution in [-0.4, -0.2) is 38.1 Å². The van der Waals surface area contributed by atoms with Gasteiger partial charge < -0.3 is 20.0 Å². The minimum atomic E-state index is -1.09. The number of esters is 1. The third kappa shape index (κ3) is 4.37. The fraction of sp³-hybridized carbons (Fsp3) is 0.500. The van der Waals surface area contributed by atoms with Gasteiger partial charge >= 0.3 is 17.8 Å². The van der Waals surface area contributed by atoms with Crippen LogP contribution >= 0.6 is 0 Å². The van der Waals surface area contributed by atoms with Crippen molar-refractivity contribution in [1.82, 2.24) is 9.55 Å². The second-order valence-corrected chi connectivity index (χ2v) is 3.69. The predicted molar refractivity (Wildman–Crippen MR) is 61.4 cm³/mol. The van der Waals surface area contributed by atoms with E-state index < -0.39 is 16.9 Å². The molecule has 0 atom stereocenters. The molecule has 0 spiro atoms. The van der Waals surface area contributed by atoms with E-state index in [1.165, 1.54) is 4.57 Å². The van der Waals surface area contributed by atoms with Crippen molar-refractivity contribution in [3.63, 3.8) is 0 Å². The average Bonchev–Trinajstić information content (AvgIpc) is 2.68. The molecule has 0 aliphatic rings. The fourth-order valence-electron chi connectivity index (χ4n) is 1.41. The molecule has 1 aromatic heterocycles. The number of imidazole rings is 1. The highest BCUT2D eigenvalue weighted by Crippen LogP contribution is 2.13. The van der Waals surface area contributed by atoms with Crippen LogP contribution < -0.4 is 0 Å². The first-order valence-electron chi connectivity index (χ1n) is 5.45. The average molecular weight is 271 g/mol. The molecule has 19 heavy (non-hydrogen) atoms. The highest BCUT2D eigenvalue weighted by atomic mass is 16.6. The van der Waals surface area contributed by atoms with Crippen molar-refractivity contribution in [3.8, 4) is 0 Å². The Labute approximate surface area is 108 Å². The van der Waals surface area contributed by atoms with Gasteiger partial charge in [0, 0.05) is 6.92 Å². The summed E-state index contributed by atoms with van der Waals surface area (Å²) in [6.45, 7) is 1.62. The molecule has 0 aliphatic heterocycles. The van der Waals surface area contributed by atoms with Gasteiger partial charge in [-0.3, -0.25) is 9.59 Å². The molecule has 0 aromatic carbocycles. The number of carbonyl (C=O) groups excluding carboxylic acids is 1. The summed E-state index contributed by atoms with van der Waals surface area (Å²) < 4.78 is 6.09. The molecule has 0 aliphatic carbocycles. The van der Waals surface area contributed by atoms with E-state index in [4.69, 9.17) is 9.84 Å². The largest absolute Gasteiger partial charge is 0.481 e. The molecule has 0 saturated heterocycles. The van der Waals surface area contributed by atoms with E-state index in [0.29, 0.717) is 5.82 Å². The summed E-state index contributed by atoms with van der Waals surface area (Å²) >= 11 is 0. The summed E-state index contributed by atoms with van der Waals surface area (Å²) in [5.41, 5.74) is 0. The Morgan fingerprint density at radius 2 is 2.21 bits per heavy atom. The maximum atomic E-state index is 11.1. The van der Waals surface area contributed by atoms with Crippen LogP contribution in [0.3, 0.4) is 0 Å². The summed E-state index contributed by atoms with van der Waals surface area (Å²) in [5, 5.41) is 19.1. The van der Waals surface area contributed by atoms with E-state index in [1.807, 2.05) is 0 Å². The molecule has 9 heteroatoms. The molecule has 104 valence electrons. The van der Waals surface area contributed by atoms with Crippen LogP contribution in [0.25, 0.3) is 0 Å². The Balaban J connectivity index is 2.45. The Kier molecular flexibility index (Phi) is 4.98. The Bertz CT molecular complexity index is 495. The van der Waals surface area contributed by atoms with Gasteiger partial charge in [0.15, 0.2) is 5.82 Å². The smallest absolute Gasteiger partial charge is 0.342 e. The van der Waals surface area contributed by atoms with Crippen molar-refractivity contribution in [2.75, 3.05) is 6.61 Å². The van der Waals surface area contributed by atoms with Crippen molar-refractivity contribution < 1.29 is 24.4 Å². The molecular formula is C10H13N3O6. The molecule has 0 radical (unpaired) electrons. The SMILES string of the molecule is Cc1ncc([N+](=O)[O-])n1CCOC(=O)CCC(=O)O. The van der Waals surface area contributed by atoms with Crippen molar-refractivity contribution in [2.24, 2.45) is 0 Å². The number of aryl methyl sites for hydroxylation is 1. The van der Waals surface area contributed by atoms with Crippen LogP contribution in [0.2, 0.25) is 0 Å². The first kappa shape index (κ1) is 14.6. The third-order valence-corrected chi connectivity index (χ3v) is 2.34. The lowest BCUT2D eigenvalue weighted by atomic mass is 10.3. The van der Waals surface area contributed by atoms with Gasteiger partial charge in [-0.05, 0) is 4.92 Å². The summed E-state index contributed by atoms with van der Waals surface area (Å²) in [5.74, 6) is -1.48. The van der Waals surface area contributed by atoms with Gasteiger partial charge in [-0.2, -0.15) is 0 Å². The van der Waals surface area contributed by atoms with Crippen molar-refractivity contribution in [1.29, 1.82) is 0 Å². The summed E-state index contributed by atoms with van der Waals surface area (Å²) in [4.78, 5) is 35.3. The molecule has 0 amide bonds. The van der Waals surface area contributed by atoms with Gasteiger partial charge in [-0.15, -0.1) is 0 Å². The van der Waals surface area contributed by atoms with Gasteiger partial charge in [0.2, 0.25) is 0 Å². The van der Waals surface area contributed by atoms with Crippen molar-refractivity contribution in [2.45, 2.75) is 26.3 Å². The van der Waals surface area contributed by atoms with E-state index >= 15 is 0 Å². The molecule has 0 bridgehead atoms. The Hall–Kier alpha value is -2.45. The number of ether oxygens (including phenoxy) is 1. The summed E-state index contributed by atoms with van der Waals surface area (Å²) in [6.07, 6.45) is 0.602. The zero-order valence-corrected chi connectivity index (χ0v) is 10.2. The number of carbonyl (C=O) groups is 2. The minimum Gasteiger partial charge on any atom is -0.481 e. The monoisotopic (exact) mass is 271 g/mol. The number of aromatic nitrogens is 2. The number of rotatable bonds is 7. The van der Waals surface area contributed by atoms with Gasteiger partial charge in [-0.25, -0.2) is 9.55 Å². The number of nitro groups is 1. The van der Waals surface area contributed by atoms with Crippen LogP contribution in [0.5, 0.6) is 0 Å². The predicted octanol–water partition coefficient (Wildman–Crippen LogP) is 0.508. The summed E-state index contributed by atoms with van der Waals surface area (Å²) in [6, 6.07) is 0. The zero-order valence-electron chi connectivity index (χ0n) is 10.2. The van der Waals surface area contributed by atoms with Gasteiger partial charge in [0.25, 0.3) is 0 Å². The lowest BCUT2D eigenvalue weighted by molar-refractivity contribution is -0.392. The number of nitrogens with zero attached hydrogens (tertiary/aromatic N) is 3. The van der Waals surface area contributed by atoms with E-state index in [9.17, 15) is 19.7 Å². The molecule has 9 nitrogen and oxygen atoms in total. The lowest BCUT2D eigenvalue weighted by Gasteiger charge is -2.04. The third-order valence-electron chi connectivity index (χ3n) is 2.34. The van der Waals surface area contributed by atoms with Crippen molar-refractivity contribution in [3.05, 3.63) is 22.1 Å². The van der Waals surface area contributed by atoms with Gasteiger partial charge in [0.05, 0.1) is 12.8 Å². The second kappa shape index (κ2) is 6.47. The molecule has 1 heterocycles. The first-order chi connectivity index (χ1) is 8.91. The molecule has 0 unspecified atom stereocenters. The second-order valence-electron chi connectivity index (χ2n) is 3.69. The normalized spacial score (nSPS) is 10.2. The maximum Gasteiger partial charge on any atom is 0.342 e. The van der Waals surface area contributed by atoms with Crippen LogP contribution in [0.4, 0.5) is 5.82 Å². The van der Waals surface area contributed by atoms with Gasteiger partial charge in [0.1, 0.15) is 19.3 Å². The highest BCUT2D eigenvalue weighted by Gasteiger charge is 2.17. The van der Waals surface area contributed by atoms with Crippen LogP contribution in [-0.2, 0) is 20.9 Å². The van der Waals surface area contributed by atoms with Crippen LogP contribution in [0.1, 0.15) is 18.7 Å². The number of carboxylic acid groups (broad SMARTS) is 1. The molecule has 0 saturated carbocycles. The van der Waals surface area contributed by atoms with Gasteiger partial charge in [-0.1, -0.05) is 0 Å². The highest BCUT2D eigenvalue weighted by molar-refractivity contribution is 5.76. The molecule has 0 fully saturated rings.